The summed E-state index contributed by atoms with van der Waals surface area (Å²) in [6, 6.07) is 12.0. The fraction of sp³-hybridized carbons (Fsp3) is 0.500. The van der Waals surface area contributed by atoms with Crippen molar-refractivity contribution in [1.29, 1.82) is 0 Å². The topological polar surface area (TPSA) is 59.0 Å². The van der Waals surface area contributed by atoms with Crippen LogP contribution in [0.5, 0.6) is 5.75 Å². The third-order valence-electron chi connectivity index (χ3n) is 6.57. The molecule has 0 spiro atoms. The molecule has 168 valence electrons. The van der Waals surface area contributed by atoms with Gasteiger partial charge in [-0.3, -0.25) is 4.79 Å². The predicted octanol–water partition coefficient (Wildman–Crippen LogP) is 4.22. The van der Waals surface area contributed by atoms with E-state index in [0.29, 0.717) is 19.8 Å². The second-order valence-electron chi connectivity index (χ2n) is 8.67. The second-order valence-corrected chi connectivity index (χ2v) is 8.67. The van der Waals surface area contributed by atoms with Crippen LogP contribution in [0.15, 0.2) is 36.4 Å². The van der Waals surface area contributed by atoms with Crippen molar-refractivity contribution in [3.05, 3.63) is 64.2 Å². The maximum absolute atomic E-state index is 13.2. The molecule has 0 aromatic heterocycles. The minimum Gasteiger partial charge on any atom is -0.491 e. The quantitative estimate of drug-likeness (QED) is 0.644. The zero-order valence-corrected chi connectivity index (χ0v) is 19.4. The fourth-order valence-corrected chi connectivity index (χ4v) is 4.75. The molecule has 5 nitrogen and oxygen atoms in total. The molecule has 0 bridgehead atoms. The number of aliphatic hydroxyl groups excluding tert-OH is 1. The molecule has 3 rings (SSSR count). The Bertz CT molecular complexity index is 896. The summed E-state index contributed by atoms with van der Waals surface area (Å²) in [7, 11) is 3.49. The lowest BCUT2D eigenvalue weighted by Crippen LogP contribution is -2.38. The van der Waals surface area contributed by atoms with Crippen LogP contribution in [-0.4, -0.2) is 43.3 Å². The average molecular weight is 426 g/mol. The van der Waals surface area contributed by atoms with Gasteiger partial charge in [-0.2, -0.15) is 0 Å². The molecule has 1 aliphatic rings. The van der Waals surface area contributed by atoms with Crippen molar-refractivity contribution in [2.24, 2.45) is 11.8 Å². The summed E-state index contributed by atoms with van der Waals surface area (Å²) < 4.78 is 11.0. The summed E-state index contributed by atoms with van der Waals surface area (Å²) in [4.78, 5) is 14.9. The van der Waals surface area contributed by atoms with Gasteiger partial charge in [0.05, 0.1) is 12.7 Å². The van der Waals surface area contributed by atoms with Gasteiger partial charge in [-0.25, -0.2) is 0 Å². The van der Waals surface area contributed by atoms with E-state index in [9.17, 15) is 9.90 Å². The van der Waals surface area contributed by atoms with Crippen LogP contribution >= 0.6 is 0 Å². The first kappa shape index (κ1) is 23.3. The Hall–Kier alpha value is -2.37. The van der Waals surface area contributed by atoms with Gasteiger partial charge in [0.2, 0.25) is 5.91 Å². The van der Waals surface area contributed by atoms with Gasteiger partial charge in [0, 0.05) is 32.5 Å². The molecule has 0 fully saturated rings. The standard InChI is InChI=1S/C26H35NO4/c1-17-15-23(31-14-13-30-5)19(3)24-21(17)11-12-22(25(24)28)18(2)26(29)27(4)16-20-9-7-6-8-10-20/h6-10,15,18,22,25,28H,11-14,16H2,1-5H3/t18-,22+,25+/m0/s1. The minimum absolute atomic E-state index is 0.0678. The number of benzene rings is 2. The van der Waals surface area contributed by atoms with Crippen molar-refractivity contribution in [3.63, 3.8) is 0 Å². The van der Waals surface area contributed by atoms with Gasteiger partial charge in [0.25, 0.3) is 0 Å². The number of aryl methyl sites for hydroxylation is 1. The van der Waals surface area contributed by atoms with Crippen molar-refractivity contribution < 1.29 is 19.4 Å². The SMILES string of the molecule is COCCOc1cc(C)c2c(c1C)[C@H](O)[C@@H]([C@H](C)C(=O)N(C)Cc1ccccc1)CC2. The van der Waals surface area contributed by atoms with E-state index in [0.717, 1.165) is 40.8 Å². The Labute approximate surface area is 186 Å². The van der Waals surface area contributed by atoms with Crippen LogP contribution < -0.4 is 4.74 Å². The highest BCUT2D eigenvalue weighted by atomic mass is 16.5. The number of carbonyl (C=O) groups is 1. The van der Waals surface area contributed by atoms with Gasteiger partial charge in [-0.05, 0) is 60.6 Å². The van der Waals surface area contributed by atoms with E-state index in [1.54, 1.807) is 12.0 Å². The Morgan fingerprint density at radius 3 is 2.61 bits per heavy atom. The van der Waals surface area contributed by atoms with Crippen molar-refractivity contribution in [2.75, 3.05) is 27.4 Å². The third-order valence-corrected chi connectivity index (χ3v) is 6.57. The zero-order chi connectivity index (χ0) is 22.5. The Morgan fingerprint density at radius 2 is 1.94 bits per heavy atom. The van der Waals surface area contributed by atoms with E-state index in [4.69, 9.17) is 9.47 Å². The molecule has 0 unspecified atom stereocenters. The van der Waals surface area contributed by atoms with Gasteiger partial charge in [-0.15, -0.1) is 0 Å². The normalized spacial score (nSPS) is 18.9. The van der Waals surface area contributed by atoms with Crippen LogP contribution in [0.1, 0.15) is 47.3 Å². The van der Waals surface area contributed by atoms with Crippen molar-refractivity contribution in [1.82, 2.24) is 4.90 Å². The summed E-state index contributed by atoms with van der Waals surface area (Å²) in [6.45, 7) is 7.56. The minimum atomic E-state index is -0.683. The number of rotatable bonds is 8. The molecule has 1 aliphatic carbocycles. The summed E-state index contributed by atoms with van der Waals surface area (Å²) in [5.74, 6) is 0.464. The van der Waals surface area contributed by atoms with Crippen LogP contribution in [0.25, 0.3) is 0 Å². The summed E-state index contributed by atoms with van der Waals surface area (Å²) in [6.07, 6.45) is 0.976. The molecule has 0 aliphatic heterocycles. The highest BCUT2D eigenvalue weighted by molar-refractivity contribution is 5.78. The second kappa shape index (κ2) is 10.3. The van der Waals surface area contributed by atoms with E-state index in [1.165, 1.54) is 5.56 Å². The van der Waals surface area contributed by atoms with E-state index in [1.807, 2.05) is 51.2 Å². The number of ether oxygens (including phenoxy) is 2. The fourth-order valence-electron chi connectivity index (χ4n) is 4.75. The lowest BCUT2D eigenvalue weighted by Gasteiger charge is -2.37. The summed E-state index contributed by atoms with van der Waals surface area (Å²) in [5, 5.41) is 11.4. The Kier molecular flexibility index (Phi) is 7.74. The first-order chi connectivity index (χ1) is 14.8. The molecule has 1 N–H and O–H groups in total. The maximum Gasteiger partial charge on any atom is 0.225 e. The van der Waals surface area contributed by atoms with E-state index in [2.05, 4.69) is 13.0 Å². The predicted molar refractivity (Wildman–Crippen MR) is 122 cm³/mol. The van der Waals surface area contributed by atoms with Crippen LogP contribution in [0.4, 0.5) is 0 Å². The highest BCUT2D eigenvalue weighted by Gasteiger charge is 2.38. The van der Waals surface area contributed by atoms with Gasteiger partial charge in [-0.1, -0.05) is 37.3 Å². The lowest BCUT2D eigenvalue weighted by atomic mass is 9.72. The molecule has 31 heavy (non-hydrogen) atoms. The van der Waals surface area contributed by atoms with E-state index in [-0.39, 0.29) is 17.7 Å². The number of nitrogens with zero attached hydrogens (tertiary/aromatic N) is 1. The van der Waals surface area contributed by atoms with Crippen molar-refractivity contribution in [2.45, 2.75) is 46.3 Å². The van der Waals surface area contributed by atoms with Gasteiger partial charge >= 0.3 is 0 Å². The molecule has 5 heteroatoms. The average Bonchev–Trinajstić information content (AvgIpc) is 2.76. The van der Waals surface area contributed by atoms with Crippen LogP contribution in [0.3, 0.4) is 0 Å². The monoisotopic (exact) mass is 425 g/mol. The molecule has 0 saturated carbocycles. The van der Waals surface area contributed by atoms with E-state index < -0.39 is 6.10 Å². The van der Waals surface area contributed by atoms with Crippen LogP contribution in [0, 0.1) is 25.7 Å². The molecular weight excluding hydrogens is 390 g/mol. The van der Waals surface area contributed by atoms with Gasteiger partial charge < -0.3 is 19.5 Å². The first-order valence-corrected chi connectivity index (χ1v) is 11.1. The Morgan fingerprint density at radius 1 is 1.23 bits per heavy atom. The molecule has 2 aromatic rings. The largest absolute Gasteiger partial charge is 0.491 e. The summed E-state index contributed by atoms with van der Waals surface area (Å²) >= 11 is 0. The molecule has 0 heterocycles. The van der Waals surface area contributed by atoms with Crippen LogP contribution in [-0.2, 0) is 22.5 Å². The number of methoxy groups -OCH3 is 1. The molecule has 2 aromatic carbocycles. The number of hydrogen-bond donors (Lipinski definition) is 1. The summed E-state index contributed by atoms with van der Waals surface area (Å²) in [5.41, 5.74) is 5.33. The molecular formula is C26H35NO4. The van der Waals surface area contributed by atoms with E-state index >= 15 is 0 Å². The smallest absolute Gasteiger partial charge is 0.225 e. The molecule has 1 amide bonds. The number of aliphatic hydroxyl groups is 1. The highest BCUT2D eigenvalue weighted by Crippen LogP contribution is 2.44. The third kappa shape index (κ3) is 5.10. The Balaban J connectivity index is 1.78. The van der Waals surface area contributed by atoms with Crippen molar-refractivity contribution in [3.8, 4) is 5.75 Å². The maximum atomic E-state index is 13.2. The van der Waals surface area contributed by atoms with Crippen molar-refractivity contribution >= 4 is 5.91 Å². The van der Waals surface area contributed by atoms with Gasteiger partial charge in [0.1, 0.15) is 12.4 Å². The molecule has 0 saturated heterocycles. The zero-order valence-electron chi connectivity index (χ0n) is 19.4. The molecule has 0 radical (unpaired) electrons. The number of amides is 1. The number of fused-ring (bicyclic) bond motifs is 1. The van der Waals surface area contributed by atoms with Crippen LogP contribution in [0.2, 0.25) is 0 Å². The van der Waals surface area contributed by atoms with Gasteiger partial charge in [0.15, 0.2) is 0 Å². The number of hydrogen-bond acceptors (Lipinski definition) is 4. The first-order valence-electron chi connectivity index (χ1n) is 11.1. The molecule has 3 atom stereocenters. The number of carbonyl (C=O) groups excluding carboxylic acids is 1. The lowest BCUT2D eigenvalue weighted by molar-refractivity contribution is -0.138.